The number of nitrogens with zero attached hydrogens (tertiary/aromatic N) is 1. The third-order valence-corrected chi connectivity index (χ3v) is 8.20. The Hall–Kier alpha value is -2.81. The van der Waals surface area contributed by atoms with Crippen molar-refractivity contribution >= 4 is 21.6 Å². The Morgan fingerprint density at radius 2 is 1.78 bits per heavy atom. The summed E-state index contributed by atoms with van der Waals surface area (Å²) in [5.74, 6) is 0.868. The lowest BCUT2D eigenvalue weighted by Gasteiger charge is -2.27. The van der Waals surface area contributed by atoms with Gasteiger partial charge in [0.25, 0.3) is 10.0 Å². The first-order chi connectivity index (χ1) is 15.3. The van der Waals surface area contributed by atoms with Crippen molar-refractivity contribution in [3.05, 3.63) is 48.3 Å². The van der Waals surface area contributed by atoms with E-state index in [2.05, 4.69) is 5.32 Å². The van der Waals surface area contributed by atoms with Gasteiger partial charge in [-0.2, -0.15) is 0 Å². The Labute approximate surface area is 187 Å². The summed E-state index contributed by atoms with van der Waals surface area (Å²) in [6.45, 7) is -0.407. The van der Waals surface area contributed by atoms with Gasteiger partial charge in [0, 0.05) is 12.1 Å². The highest BCUT2D eigenvalue weighted by atomic mass is 32.2. The third-order valence-electron chi connectivity index (χ3n) is 6.43. The number of carbonyl (C=O) groups excluding carboxylic acids is 1. The number of methoxy groups -OCH3 is 2. The lowest BCUT2D eigenvalue weighted by Crippen LogP contribution is -2.46. The van der Waals surface area contributed by atoms with E-state index < -0.39 is 22.4 Å². The molecule has 2 aromatic carbocycles. The Morgan fingerprint density at radius 1 is 1.06 bits per heavy atom. The minimum Gasteiger partial charge on any atom is -0.493 e. The van der Waals surface area contributed by atoms with Gasteiger partial charge in [-0.25, -0.2) is 12.8 Å². The molecule has 32 heavy (non-hydrogen) atoms. The molecular formula is C23H27FN2O5S. The van der Waals surface area contributed by atoms with Gasteiger partial charge in [-0.1, -0.05) is 6.42 Å². The second-order valence-electron chi connectivity index (χ2n) is 8.35. The molecule has 2 aliphatic rings. The number of anilines is 1. The van der Waals surface area contributed by atoms with Crippen LogP contribution in [0.15, 0.2) is 47.4 Å². The van der Waals surface area contributed by atoms with E-state index in [9.17, 15) is 17.6 Å². The van der Waals surface area contributed by atoms with Crippen LogP contribution in [0.2, 0.25) is 0 Å². The summed E-state index contributed by atoms with van der Waals surface area (Å²) in [5, 5.41) is 3.02. The van der Waals surface area contributed by atoms with Gasteiger partial charge >= 0.3 is 0 Å². The molecule has 1 N–H and O–H groups in total. The summed E-state index contributed by atoms with van der Waals surface area (Å²) >= 11 is 0. The molecule has 172 valence electrons. The summed E-state index contributed by atoms with van der Waals surface area (Å²) in [6, 6.07) is 9.33. The molecule has 2 fully saturated rings. The Morgan fingerprint density at radius 3 is 2.38 bits per heavy atom. The van der Waals surface area contributed by atoms with Crippen LogP contribution in [0.5, 0.6) is 11.5 Å². The molecule has 0 heterocycles. The van der Waals surface area contributed by atoms with Crippen LogP contribution >= 0.6 is 0 Å². The van der Waals surface area contributed by atoms with E-state index in [0.717, 1.165) is 23.6 Å². The SMILES string of the molecule is COc1ccc(S(=O)(=O)N(CC(=O)NC2CC3CCC2C3)c2ccc(F)cc2)cc1OC. The average molecular weight is 463 g/mol. The van der Waals surface area contributed by atoms with Gasteiger partial charge in [0.15, 0.2) is 11.5 Å². The molecule has 2 saturated carbocycles. The number of sulfonamides is 1. The summed E-state index contributed by atoms with van der Waals surface area (Å²) < 4.78 is 52.0. The van der Waals surface area contributed by atoms with Crippen LogP contribution in [0.1, 0.15) is 25.7 Å². The highest BCUT2D eigenvalue weighted by Gasteiger charge is 2.40. The van der Waals surface area contributed by atoms with Gasteiger partial charge in [-0.05, 0) is 67.5 Å². The van der Waals surface area contributed by atoms with E-state index in [4.69, 9.17) is 9.47 Å². The predicted molar refractivity (Wildman–Crippen MR) is 118 cm³/mol. The van der Waals surface area contributed by atoms with Crippen LogP contribution in [0.3, 0.4) is 0 Å². The zero-order chi connectivity index (χ0) is 22.9. The molecule has 0 aliphatic heterocycles. The first-order valence-corrected chi connectivity index (χ1v) is 12.1. The van der Waals surface area contributed by atoms with Crippen molar-refractivity contribution in [2.45, 2.75) is 36.6 Å². The molecule has 4 rings (SSSR count). The molecule has 2 bridgehead atoms. The highest BCUT2D eigenvalue weighted by Crippen LogP contribution is 2.44. The van der Waals surface area contributed by atoms with E-state index >= 15 is 0 Å². The Bertz CT molecular complexity index is 1090. The number of fused-ring (bicyclic) bond motifs is 2. The highest BCUT2D eigenvalue weighted by molar-refractivity contribution is 7.92. The molecule has 0 saturated heterocycles. The summed E-state index contributed by atoms with van der Waals surface area (Å²) in [7, 11) is -1.28. The van der Waals surface area contributed by atoms with Crippen molar-refractivity contribution in [3.63, 3.8) is 0 Å². The van der Waals surface area contributed by atoms with Crippen LogP contribution < -0.4 is 19.1 Å². The summed E-state index contributed by atoms with van der Waals surface area (Å²) in [4.78, 5) is 12.8. The topological polar surface area (TPSA) is 84.9 Å². The van der Waals surface area contributed by atoms with E-state index in [1.165, 1.54) is 63.1 Å². The fourth-order valence-corrected chi connectivity index (χ4v) is 6.27. The lowest BCUT2D eigenvalue weighted by atomic mass is 9.95. The van der Waals surface area contributed by atoms with Crippen LogP contribution in [-0.2, 0) is 14.8 Å². The Balaban J connectivity index is 1.63. The smallest absolute Gasteiger partial charge is 0.264 e. The number of carbonyl (C=O) groups is 1. The van der Waals surface area contributed by atoms with Gasteiger partial charge in [0.05, 0.1) is 24.8 Å². The number of nitrogens with one attached hydrogen (secondary N) is 1. The fourth-order valence-electron chi connectivity index (χ4n) is 4.83. The zero-order valence-electron chi connectivity index (χ0n) is 18.1. The number of benzene rings is 2. The summed E-state index contributed by atoms with van der Waals surface area (Å²) in [6.07, 6.45) is 4.36. The molecule has 9 heteroatoms. The number of hydrogen-bond donors (Lipinski definition) is 1. The van der Waals surface area contributed by atoms with Gasteiger partial charge in [0.1, 0.15) is 12.4 Å². The minimum absolute atomic E-state index is 0.0628. The van der Waals surface area contributed by atoms with Gasteiger partial charge < -0.3 is 14.8 Å². The normalized spacial score (nSPS) is 21.9. The monoisotopic (exact) mass is 462 g/mol. The molecule has 1 amide bonds. The molecular weight excluding hydrogens is 435 g/mol. The maximum atomic E-state index is 13.5. The fraction of sp³-hybridized carbons (Fsp3) is 0.435. The molecule has 2 aliphatic carbocycles. The van der Waals surface area contributed by atoms with Crippen LogP contribution in [-0.4, -0.2) is 41.1 Å². The van der Waals surface area contributed by atoms with Gasteiger partial charge in [0.2, 0.25) is 5.91 Å². The quantitative estimate of drug-likeness (QED) is 0.651. The molecule has 3 unspecified atom stereocenters. The average Bonchev–Trinajstić information content (AvgIpc) is 3.41. The second-order valence-corrected chi connectivity index (χ2v) is 10.2. The molecule has 0 radical (unpaired) electrons. The lowest BCUT2D eigenvalue weighted by molar-refractivity contribution is -0.120. The second kappa shape index (κ2) is 8.97. The van der Waals surface area contributed by atoms with Gasteiger partial charge in [-0.15, -0.1) is 0 Å². The van der Waals surface area contributed by atoms with Crippen molar-refractivity contribution in [1.82, 2.24) is 5.32 Å². The number of halogens is 1. The minimum atomic E-state index is -4.15. The number of rotatable bonds is 8. The van der Waals surface area contributed by atoms with E-state index in [-0.39, 0.29) is 28.3 Å². The molecule has 3 atom stereocenters. The van der Waals surface area contributed by atoms with Crippen molar-refractivity contribution in [2.75, 3.05) is 25.1 Å². The summed E-state index contributed by atoms with van der Waals surface area (Å²) in [5.41, 5.74) is 0.198. The standard InChI is InChI=1S/C23H27FN2O5S/c1-30-21-10-9-19(13-22(21)31-2)32(28,29)26(18-7-5-17(24)6-8-18)14-23(27)25-20-12-15-3-4-16(20)11-15/h5-10,13,15-16,20H,3-4,11-12,14H2,1-2H3,(H,25,27). The third kappa shape index (κ3) is 4.39. The van der Waals surface area contributed by atoms with E-state index in [0.29, 0.717) is 17.6 Å². The molecule has 7 nitrogen and oxygen atoms in total. The largest absolute Gasteiger partial charge is 0.493 e. The molecule has 0 aromatic heterocycles. The van der Waals surface area contributed by atoms with Crippen LogP contribution in [0.25, 0.3) is 0 Å². The maximum Gasteiger partial charge on any atom is 0.264 e. The molecule has 0 spiro atoms. The number of ether oxygens (including phenoxy) is 2. The predicted octanol–water partition coefficient (Wildman–Crippen LogP) is 3.34. The zero-order valence-corrected chi connectivity index (χ0v) is 18.9. The van der Waals surface area contributed by atoms with E-state index in [1.807, 2.05) is 0 Å². The maximum absolute atomic E-state index is 13.5. The van der Waals surface area contributed by atoms with Gasteiger partial charge in [-0.3, -0.25) is 9.10 Å². The molecule has 2 aromatic rings. The van der Waals surface area contributed by atoms with Crippen molar-refractivity contribution in [1.29, 1.82) is 0 Å². The Kier molecular flexibility index (Phi) is 6.28. The van der Waals surface area contributed by atoms with Crippen molar-refractivity contribution in [3.8, 4) is 11.5 Å². The number of amides is 1. The first-order valence-electron chi connectivity index (χ1n) is 10.6. The van der Waals surface area contributed by atoms with Crippen LogP contribution in [0, 0.1) is 17.7 Å². The van der Waals surface area contributed by atoms with Crippen molar-refractivity contribution < 1.29 is 27.1 Å². The van der Waals surface area contributed by atoms with E-state index in [1.54, 1.807) is 0 Å². The number of hydrogen-bond acceptors (Lipinski definition) is 5. The van der Waals surface area contributed by atoms with Crippen LogP contribution in [0.4, 0.5) is 10.1 Å². The van der Waals surface area contributed by atoms with Crippen molar-refractivity contribution in [2.24, 2.45) is 11.8 Å². The first kappa shape index (κ1) is 22.4.